The molecule has 0 aliphatic rings. The molecule has 7 heteroatoms. The van der Waals surface area contributed by atoms with Gasteiger partial charge in [-0.25, -0.2) is 0 Å². The van der Waals surface area contributed by atoms with Crippen molar-refractivity contribution in [2.75, 3.05) is 6.61 Å². The van der Waals surface area contributed by atoms with Crippen molar-refractivity contribution in [1.82, 2.24) is 15.5 Å². The molecule has 3 rings (SSSR count). The molecule has 26 heavy (non-hydrogen) atoms. The first-order chi connectivity index (χ1) is 12.4. The van der Waals surface area contributed by atoms with Crippen LogP contribution in [0.15, 0.2) is 52.6 Å². The van der Waals surface area contributed by atoms with Gasteiger partial charge in [-0.1, -0.05) is 26.8 Å². The van der Waals surface area contributed by atoms with Crippen molar-refractivity contribution in [3.63, 3.8) is 0 Å². The van der Waals surface area contributed by atoms with Gasteiger partial charge in [0, 0.05) is 10.4 Å². The highest BCUT2D eigenvalue weighted by Crippen LogP contribution is 2.35. The maximum absolute atomic E-state index is 12.4. The van der Waals surface area contributed by atoms with E-state index in [1.807, 2.05) is 29.6 Å². The van der Waals surface area contributed by atoms with E-state index >= 15 is 0 Å². The van der Waals surface area contributed by atoms with Gasteiger partial charge in [0.25, 0.3) is 5.91 Å². The van der Waals surface area contributed by atoms with Crippen molar-refractivity contribution in [3.8, 4) is 17.2 Å². The Morgan fingerprint density at radius 3 is 2.62 bits per heavy atom. The molecule has 136 valence electrons. The molecule has 1 atom stereocenters. The van der Waals surface area contributed by atoms with E-state index in [0.29, 0.717) is 11.6 Å². The third-order valence-corrected chi connectivity index (χ3v) is 4.77. The first-order valence-corrected chi connectivity index (χ1v) is 9.13. The highest BCUT2D eigenvalue weighted by molar-refractivity contribution is 7.10. The van der Waals surface area contributed by atoms with Crippen molar-refractivity contribution in [1.29, 1.82) is 0 Å². The Labute approximate surface area is 156 Å². The zero-order chi connectivity index (χ0) is 18.6. The van der Waals surface area contributed by atoms with Gasteiger partial charge in [-0.2, -0.15) is 0 Å². The average Bonchev–Trinajstić information content (AvgIpc) is 3.30. The average molecular weight is 371 g/mol. The predicted molar refractivity (Wildman–Crippen MR) is 99.9 cm³/mol. The summed E-state index contributed by atoms with van der Waals surface area (Å²) in [6.45, 7) is 6.27. The highest BCUT2D eigenvalue weighted by Gasteiger charge is 2.28. The number of hydrogen-bond donors (Lipinski definition) is 1. The molecule has 0 saturated heterocycles. The molecule has 1 unspecified atom stereocenters. The lowest BCUT2D eigenvalue weighted by atomic mass is 9.86. The molecular weight excluding hydrogens is 350 g/mol. The van der Waals surface area contributed by atoms with E-state index in [1.165, 1.54) is 6.39 Å². The summed E-state index contributed by atoms with van der Waals surface area (Å²) in [5, 5.41) is 12.6. The van der Waals surface area contributed by atoms with Crippen LogP contribution in [-0.4, -0.2) is 22.7 Å². The minimum Gasteiger partial charge on any atom is -0.484 e. The summed E-state index contributed by atoms with van der Waals surface area (Å²) in [6.07, 6.45) is 1.28. The molecule has 0 saturated carbocycles. The molecule has 2 aromatic heterocycles. The number of benzene rings is 1. The first kappa shape index (κ1) is 18.1. The SMILES string of the molecule is CC(C)(C)C(NC(=O)COc1ccc(-c2nnco2)cc1)c1cccs1. The molecule has 0 fully saturated rings. The van der Waals surface area contributed by atoms with E-state index in [2.05, 4.69) is 36.3 Å². The summed E-state index contributed by atoms with van der Waals surface area (Å²) in [4.78, 5) is 13.5. The van der Waals surface area contributed by atoms with Gasteiger partial charge >= 0.3 is 0 Å². The quantitative estimate of drug-likeness (QED) is 0.706. The number of nitrogens with one attached hydrogen (secondary N) is 1. The summed E-state index contributed by atoms with van der Waals surface area (Å²) in [6, 6.07) is 11.1. The maximum atomic E-state index is 12.4. The predicted octanol–water partition coefficient (Wildman–Crippen LogP) is 4.08. The Hall–Kier alpha value is -2.67. The minimum atomic E-state index is -0.153. The number of hydrogen-bond acceptors (Lipinski definition) is 6. The van der Waals surface area contributed by atoms with Crippen LogP contribution in [0.25, 0.3) is 11.5 Å². The van der Waals surface area contributed by atoms with Crippen molar-refractivity contribution < 1.29 is 13.9 Å². The molecule has 3 aromatic rings. The molecule has 1 N–H and O–H groups in total. The lowest BCUT2D eigenvalue weighted by molar-refractivity contribution is -0.124. The van der Waals surface area contributed by atoms with E-state index in [-0.39, 0.29) is 24.0 Å². The highest BCUT2D eigenvalue weighted by atomic mass is 32.1. The Balaban J connectivity index is 1.58. The molecule has 0 radical (unpaired) electrons. The van der Waals surface area contributed by atoms with Crippen LogP contribution in [0.1, 0.15) is 31.7 Å². The van der Waals surface area contributed by atoms with Crippen molar-refractivity contribution in [3.05, 3.63) is 53.0 Å². The van der Waals surface area contributed by atoms with Crippen molar-refractivity contribution in [2.24, 2.45) is 5.41 Å². The number of carbonyl (C=O) groups excluding carboxylic acids is 1. The van der Waals surface area contributed by atoms with Crippen LogP contribution >= 0.6 is 11.3 Å². The molecule has 0 aliphatic carbocycles. The lowest BCUT2D eigenvalue weighted by Crippen LogP contribution is -2.38. The molecule has 0 aliphatic heterocycles. The topological polar surface area (TPSA) is 77.2 Å². The Morgan fingerprint density at radius 1 is 1.27 bits per heavy atom. The second-order valence-electron chi connectivity index (χ2n) is 6.94. The number of nitrogens with zero attached hydrogens (tertiary/aromatic N) is 2. The molecule has 0 spiro atoms. The van der Waals surface area contributed by atoms with E-state index in [1.54, 1.807) is 23.5 Å². The fourth-order valence-corrected chi connectivity index (χ4v) is 3.53. The zero-order valence-corrected chi connectivity index (χ0v) is 15.7. The molecular formula is C19H21N3O3S. The molecule has 1 aromatic carbocycles. The molecule has 6 nitrogen and oxygen atoms in total. The van der Waals surface area contributed by atoms with Gasteiger partial charge in [0.1, 0.15) is 5.75 Å². The van der Waals surface area contributed by atoms with Gasteiger partial charge in [-0.15, -0.1) is 21.5 Å². The van der Waals surface area contributed by atoms with Crippen LogP contribution in [-0.2, 0) is 4.79 Å². The Morgan fingerprint density at radius 2 is 2.04 bits per heavy atom. The van der Waals surface area contributed by atoms with E-state index in [4.69, 9.17) is 9.15 Å². The van der Waals surface area contributed by atoms with Crippen LogP contribution in [0, 0.1) is 5.41 Å². The smallest absolute Gasteiger partial charge is 0.258 e. The summed E-state index contributed by atoms with van der Waals surface area (Å²) < 4.78 is 10.7. The van der Waals surface area contributed by atoms with Crippen LogP contribution in [0.5, 0.6) is 5.75 Å². The standard InChI is InChI=1S/C19H21N3O3S/c1-19(2,3)17(15-5-4-10-26-15)21-16(23)11-24-14-8-6-13(7-9-14)18-22-20-12-25-18/h4-10,12,17H,11H2,1-3H3,(H,21,23). The lowest BCUT2D eigenvalue weighted by Gasteiger charge is -2.30. The van der Waals surface area contributed by atoms with Gasteiger partial charge < -0.3 is 14.5 Å². The zero-order valence-electron chi connectivity index (χ0n) is 14.9. The molecule has 0 bridgehead atoms. The third kappa shape index (κ3) is 4.49. The molecule has 1 amide bonds. The number of carbonyl (C=O) groups is 1. The maximum Gasteiger partial charge on any atom is 0.258 e. The van der Waals surface area contributed by atoms with Gasteiger partial charge in [0.05, 0.1) is 6.04 Å². The second kappa shape index (κ2) is 7.70. The van der Waals surface area contributed by atoms with Crippen LogP contribution in [0.4, 0.5) is 0 Å². The summed E-state index contributed by atoms with van der Waals surface area (Å²) in [5.41, 5.74) is 0.705. The fraction of sp³-hybridized carbons (Fsp3) is 0.316. The van der Waals surface area contributed by atoms with Gasteiger partial charge in [-0.3, -0.25) is 4.79 Å². The number of rotatable bonds is 6. The van der Waals surface area contributed by atoms with Crippen LogP contribution in [0.2, 0.25) is 0 Å². The van der Waals surface area contributed by atoms with Gasteiger partial charge in [0.15, 0.2) is 6.61 Å². The monoisotopic (exact) mass is 371 g/mol. The minimum absolute atomic E-state index is 0.0438. The molecule has 2 heterocycles. The van der Waals surface area contributed by atoms with E-state index in [0.717, 1.165) is 10.4 Å². The number of amides is 1. The largest absolute Gasteiger partial charge is 0.484 e. The Bertz CT molecular complexity index is 822. The van der Waals surface area contributed by atoms with E-state index in [9.17, 15) is 4.79 Å². The van der Waals surface area contributed by atoms with Crippen LogP contribution < -0.4 is 10.1 Å². The van der Waals surface area contributed by atoms with Gasteiger partial charge in [-0.05, 0) is 41.1 Å². The number of aromatic nitrogens is 2. The first-order valence-electron chi connectivity index (χ1n) is 8.25. The number of thiophene rings is 1. The van der Waals surface area contributed by atoms with E-state index < -0.39 is 0 Å². The second-order valence-corrected chi connectivity index (χ2v) is 7.92. The van der Waals surface area contributed by atoms with Gasteiger partial charge in [0.2, 0.25) is 12.3 Å². The summed E-state index contributed by atoms with van der Waals surface area (Å²) >= 11 is 1.64. The number of ether oxygens (including phenoxy) is 1. The summed E-state index contributed by atoms with van der Waals surface area (Å²) in [7, 11) is 0. The van der Waals surface area contributed by atoms with Crippen molar-refractivity contribution >= 4 is 17.2 Å². The van der Waals surface area contributed by atoms with Crippen molar-refractivity contribution in [2.45, 2.75) is 26.8 Å². The third-order valence-electron chi connectivity index (χ3n) is 3.83. The summed E-state index contributed by atoms with van der Waals surface area (Å²) in [5.74, 6) is 0.893. The van der Waals surface area contributed by atoms with Crippen LogP contribution in [0.3, 0.4) is 0 Å². The fourth-order valence-electron chi connectivity index (χ4n) is 2.51. The normalized spacial score (nSPS) is 12.6. The Kier molecular flexibility index (Phi) is 5.37.